The summed E-state index contributed by atoms with van der Waals surface area (Å²) in [4.78, 5) is 0. The molecule has 0 amide bonds. The van der Waals surface area contributed by atoms with Gasteiger partial charge in [-0.25, -0.2) is 0 Å². The molecule has 0 N–H and O–H groups in total. The maximum atomic E-state index is 3.83. The Balaban J connectivity index is 0. The molecule has 1 heterocycles. The van der Waals surface area contributed by atoms with E-state index in [1.54, 1.807) is 4.68 Å². The highest BCUT2D eigenvalue weighted by Gasteiger charge is 1.95. The van der Waals surface area contributed by atoms with Gasteiger partial charge < -0.3 is 0 Å². The van der Waals surface area contributed by atoms with Crippen molar-refractivity contribution >= 4 is 0 Å². The molecule has 0 atom stereocenters. The Labute approximate surface area is 88.5 Å². The third-order valence-corrected chi connectivity index (χ3v) is 1.84. The van der Waals surface area contributed by atoms with Gasteiger partial charge in [0.1, 0.15) is 0 Å². The first kappa shape index (κ1) is 15.6. The molecule has 1 rings (SSSR count). The topological polar surface area (TPSA) is 30.7 Å². The molecule has 0 unspecified atom stereocenters. The third-order valence-electron chi connectivity index (χ3n) is 1.84. The Morgan fingerprint density at radius 1 is 1.07 bits per heavy atom. The van der Waals surface area contributed by atoms with Crippen LogP contribution in [0.25, 0.3) is 0 Å². The van der Waals surface area contributed by atoms with Crippen LogP contribution in [0.2, 0.25) is 0 Å². The number of nitrogens with zero attached hydrogens (tertiary/aromatic N) is 3. The zero-order valence-corrected chi connectivity index (χ0v) is 10.8. The number of unbranched alkanes of at least 4 members (excludes halogenated alkanes) is 1. The van der Waals surface area contributed by atoms with E-state index >= 15 is 0 Å². The van der Waals surface area contributed by atoms with Crippen molar-refractivity contribution in [2.75, 3.05) is 0 Å². The molecule has 0 spiro atoms. The summed E-state index contributed by atoms with van der Waals surface area (Å²) in [7, 11) is 1.88. The normalized spacial score (nSPS) is 8.21. The van der Waals surface area contributed by atoms with Gasteiger partial charge in [0.15, 0.2) is 0 Å². The fourth-order valence-corrected chi connectivity index (χ4v) is 0.508. The average Bonchev–Trinajstić information content (AvgIpc) is 2.53. The first-order valence-corrected chi connectivity index (χ1v) is 5.46. The van der Waals surface area contributed by atoms with Crippen LogP contribution in [0.5, 0.6) is 0 Å². The van der Waals surface area contributed by atoms with Crippen LogP contribution in [0.3, 0.4) is 0 Å². The minimum Gasteiger partial charge on any atom is -0.252 e. The molecule has 84 valence electrons. The van der Waals surface area contributed by atoms with Crippen LogP contribution in [0.15, 0.2) is 0 Å². The second-order valence-corrected chi connectivity index (χ2v) is 2.88. The molecular formula is C11H25N3. The van der Waals surface area contributed by atoms with Gasteiger partial charge in [-0.2, -0.15) is 0 Å². The van der Waals surface area contributed by atoms with Gasteiger partial charge in [0.05, 0.1) is 11.4 Å². The Bertz CT molecular complexity index is 195. The summed E-state index contributed by atoms with van der Waals surface area (Å²) in [6, 6.07) is 0. The van der Waals surface area contributed by atoms with Crippen LogP contribution in [0, 0.1) is 13.8 Å². The lowest BCUT2D eigenvalue weighted by Gasteiger charge is -1.87. The van der Waals surface area contributed by atoms with E-state index in [0.29, 0.717) is 0 Å². The van der Waals surface area contributed by atoms with E-state index in [4.69, 9.17) is 0 Å². The van der Waals surface area contributed by atoms with Gasteiger partial charge in [-0.1, -0.05) is 45.7 Å². The first-order chi connectivity index (χ1) is 6.63. The van der Waals surface area contributed by atoms with Crippen LogP contribution < -0.4 is 0 Å². The molecule has 0 aromatic carbocycles. The number of rotatable bonds is 1. The third kappa shape index (κ3) is 6.63. The predicted molar refractivity (Wildman–Crippen MR) is 62.4 cm³/mol. The van der Waals surface area contributed by atoms with Gasteiger partial charge in [-0.15, -0.1) is 5.10 Å². The fourth-order valence-electron chi connectivity index (χ4n) is 0.508. The summed E-state index contributed by atoms with van der Waals surface area (Å²) in [5.74, 6) is 0. The highest BCUT2D eigenvalue weighted by atomic mass is 15.4. The Morgan fingerprint density at radius 2 is 1.50 bits per heavy atom. The number of hydrogen-bond acceptors (Lipinski definition) is 2. The molecule has 0 aliphatic heterocycles. The Hall–Kier alpha value is -0.860. The molecule has 3 heteroatoms. The quantitative estimate of drug-likeness (QED) is 0.695. The second-order valence-electron chi connectivity index (χ2n) is 2.88. The standard InChI is InChI=1S/C5H9N3.C4H10.C2H6/c1-4-5(2)8(3)7-6-4;1-3-4-2;1-2/h1-3H3;3-4H2,1-2H3;1-2H3. The molecular weight excluding hydrogens is 174 g/mol. The molecule has 0 saturated heterocycles. The summed E-state index contributed by atoms with van der Waals surface area (Å²) in [6.45, 7) is 12.3. The molecule has 0 aliphatic carbocycles. The largest absolute Gasteiger partial charge is 0.252 e. The fraction of sp³-hybridized carbons (Fsp3) is 0.818. The van der Waals surface area contributed by atoms with E-state index in [-0.39, 0.29) is 0 Å². The van der Waals surface area contributed by atoms with Crippen LogP contribution in [0.1, 0.15) is 51.9 Å². The molecule has 1 aromatic rings. The van der Waals surface area contributed by atoms with Crippen molar-refractivity contribution in [1.82, 2.24) is 15.0 Å². The van der Waals surface area contributed by atoms with Crippen LogP contribution in [-0.2, 0) is 7.05 Å². The predicted octanol–water partition coefficient (Wildman–Crippen LogP) is 3.26. The highest BCUT2D eigenvalue weighted by Crippen LogP contribution is 1.96. The van der Waals surface area contributed by atoms with Crippen molar-refractivity contribution < 1.29 is 0 Å². The Kier molecular flexibility index (Phi) is 11.4. The SMILES string of the molecule is CC.CCCC.Cc1nnn(C)c1C. The van der Waals surface area contributed by atoms with Crippen molar-refractivity contribution in [1.29, 1.82) is 0 Å². The summed E-state index contributed by atoms with van der Waals surface area (Å²) in [6.07, 6.45) is 2.64. The lowest BCUT2D eigenvalue weighted by molar-refractivity contribution is 0.696. The zero-order chi connectivity index (χ0) is 11.6. The monoisotopic (exact) mass is 199 g/mol. The summed E-state index contributed by atoms with van der Waals surface area (Å²) < 4.78 is 1.76. The van der Waals surface area contributed by atoms with Crippen molar-refractivity contribution in [3.8, 4) is 0 Å². The van der Waals surface area contributed by atoms with E-state index in [2.05, 4.69) is 24.2 Å². The van der Waals surface area contributed by atoms with Gasteiger partial charge in [0, 0.05) is 7.05 Å². The average molecular weight is 199 g/mol. The van der Waals surface area contributed by atoms with Crippen LogP contribution >= 0.6 is 0 Å². The Morgan fingerprint density at radius 3 is 1.57 bits per heavy atom. The van der Waals surface area contributed by atoms with Gasteiger partial charge in [-0.3, -0.25) is 4.68 Å². The van der Waals surface area contributed by atoms with Crippen molar-refractivity contribution in [3.05, 3.63) is 11.4 Å². The molecule has 0 fully saturated rings. The number of aromatic nitrogens is 3. The molecule has 14 heavy (non-hydrogen) atoms. The zero-order valence-electron chi connectivity index (χ0n) is 10.8. The van der Waals surface area contributed by atoms with E-state index in [1.807, 2.05) is 34.7 Å². The maximum absolute atomic E-state index is 3.83. The lowest BCUT2D eigenvalue weighted by atomic mass is 10.4. The number of aryl methyl sites for hydroxylation is 2. The summed E-state index contributed by atoms with van der Waals surface area (Å²) >= 11 is 0. The van der Waals surface area contributed by atoms with Gasteiger partial charge in [-0.05, 0) is 13.8 Å². The molecule has 1 aromatic heterocycles. The summed E-state index contributed by atoms with van der Waals surface area (Å²) in [5, 5.41) is 7.61. The molecule has 3 nitrogen and oxygen atoms in total. The number of hydrogen-bond donors (Lipinski definition) is 0. The van der Waals surface area contributed by atoms with E-state index in [1.165, 1.54) is 12.8 Å². The van der Waals surface area contributed by atoms with Gasteiger partial charge >= 0.3 is 0 Å². The van der Waals surface area contributed by atoms with Gasteiger partial charge in [0.25, 0.3) is 0 Å². The molecule has 0 saturated carbocycles. The molecule has 0 radical (unpaired) electrons. The van der Waals surface area contributed by atoms with E-state index in [0.717, 1.165) is 11.4 Å². The van der Waals surface area contributed by atoms with Crippen LogP contribution in [0.4, 0.5) is 0 Å². The van der Waals surface area contributed by atoms with Crippen LogP contribution in [-0.4, -0.2) is 15.0 Å². The van der Waals surface area contributed by atoms with Crippen molar-refractivity contribution in [2.24, 2.45) is 7.05 Å². The lowest BCUT2D eigenvalue weighted by Crippen LogP contribution is -1.92. The minimum atomic E-state index is 1.01. The van der Waals surface area contributed by atoms with E-state index in [9.17, 15) is 0 Å². The van der Waals surface area contributed by atoms with Gasteiger partial charge in [0.2, 0.25) is 0 Å². The maximum Gasteiger partial charge on any atom is 0.0825 e. The molecule has 0 aliphatic rings. The highest BCUT2D eigenvalue weighted by molar-refractivity contribution is 5.03. The summed E-state index contributed by atoms with van der Waals surface area (Å²) in [5.41, 5.74) is 2.14. The molecule has 0 bridgehead atoms. The first-order valence-electron chi connectivity index (χ1n) is 5.46. The smallest absolute Gasteiger partial charge is 0.0825 e. The van der Waals surface area contributed by atoms with Crippen molar-refractivity contribution in [3.63, 3.8) is 0 Å². The second kappa shape index (κ2) is 10.2. The van der Waals surface area contributed by atoms with E-state index < -0.39 is 0 Å². The van der Waals surface area contributed by atoms with Crippen molar-refractivity contribution in [2.45, 2.75) is 54.4 Å². The minimum absolute atomic E-state index is 1.01.